The van der Waals surface area contributed by atoms with Crippen molar-refractivity contribution in [2.75, 3.05) is 0 Å². The van der Waals surface area contributed by atoms with Crippen molar-refractivity contribution in [1.82, 2.24) is 0 Å². The van der Waals surface area contributed by atoms with E-state index in [2.05, 4.69) is 4.58 Å². The van der Waals surface area contributed by atoms with Crippen LogP contribution >= 0.6 is 0 Å². The molecule has 0 aromatic rings. The summed E-state index contributed by atoms with van der Waals surface area (Å²) < 4.78 is 14.7. The third kappa shape index (κ3) is 13.7. The van der Waals surface area contributed by atoms with Crippen LogP contribution in [0.25, 0.3) is 0 Å². The first-order valence-corrected chi connectivity index (χ1v) is 8.10. The van der Waals surface area contributed by atoms with E-state index in [9.17, 15) is 10.1 Å². The summed E-state index contributed by atoms with van der Waals surface area (Å²) in [4.78, 5) is 11.5. The maximum Gasteiger partial charge on any atom is 0.497 e. The van der Waals surface area contributed by atoms with Crippen LogP contribution in [0.1, 0.15) is 86.5 Å². The topological polar surface area (TPSA) is 69.9 Å². The molecule has 0 unspecified atom stereocenters. The molecule has 0 radical (unpaired) electrons. The second kappa shape index (κ2) is 9.70. The molecule has 0 bridgehead atoms. The van der Waals surface area contributed by atoms with Crippen LogP contribution in [0, 0.1) is 0 Å². The number of esters is 2. The third-order valence-electron chi connectivity index (χ3n) is 2.69. The molecule has 0 aliphatic carbocycles. The van der Waals surface area contributed by atoms with Crippen molar-refractivity contribution in [2.45, 2.75) is 97.7 Å². The second-order valence-corrected chi connectivity index (χ2v) is 7.52. The van der Waals surface area contributed by atoms with Crippen molar-refractivity contribution in [3.05, 3.63) is 0 Å². The van der Waals surface area contributed by atoms with Crippen molar-refractivity contribution >= 4 is 11.9 Å². The lowest BCUT2D eigenvalue weighted by Gasteiger charge is -2.19. The maximum atomic E-state index is 11.5. The third-order valence-corrected chi connectivity index (χ3v) is 2.69. The van der Waals surface area contributed by atoms with E-state index in [0.717, 1.165) is 32.1 Å². The highest BCUT2D eigenvalue weighted by Gasteiger charge is 2.25. The van der Waals surface area contributed by atoms with Gasteiger partial charge in [0.15, 0.2) is 5.60 Å². The Morgan fingerprint density at radius 3 is 1.73 bits per heavy atom. The highest BCUT2D eigenvalue weighted by Crippen LogP contribution is 2.14. The van der Waals surface area contributed by atoms with Gasteiger partial charge in [-0.1, -0.05) is 19.3 Å². The molecule has 5 heteroatoms. The average Bonchev–Trinajstić information content (AvgIpc) is 2.32. The molecule has 0 fully saturated rings. The van der Waals surface area contributed by atoms with Gasteiger partial charge in [-0.05, 0) is 33.6 Å². The number of ether oxygens (including phenoxy) is 2. The summed E-state index contributed by atoms with van der Waals surface area (Å²) in [5.74, 6) is 0.0164. The average molecular weight is 316 g/mol. The molecular weight excluding hydrogens is 284 g/mol. The van der Waals surface area contributed by atoms with Gasteiger partial charge < -0.3 is 14.7 Å². The van der Waals surface area contributed by atoms with Gasteiger partial charge in [-0.25, -0.2) is 0 Å². The van der Waals surface area contributed by atoms with Crippen molar-refractivity contribution in [2.24, 2.45) is 0 Å². The fraction of sp³-hybridized carbons (Fsp3) is 0.882. The molecule has 0 aliphatic rings. The van der Waals surface area contributed by atoms with E-state index in [1.807, 2.05) is 41.5 Å². The number of hydrogen-bond donors (Lipinski definition) is 0. The molecule has 0 N–H and O–H groups in total. The lowest BCUT2D eigenvalue weighted by Crippen LogP contribution is -2.26. The molecule has 0 amide bonds. The molecular formula is C17H32O5. The molecule has 0 heterocycles. The van der Waals surface area contributed by atoms with Crippen molar-refractivity contribution in [3.8, 4) is 0 Å². The number of unbranched alkanes of at least 4 members (excludes halogenated alkanes) is 4. The van der Waals surface area contributed by atoms with Gasteiger partial charge in [-0.15, -0.1) is 0 Å². The fourth-order valence-electron chi connectivity index (χ4n) is 1.91. The minimum absolute atomic E-state index is 0.138. The first kappa shape index (κ1) is 20.7. The van der Waals surface area contributed by atoms with E-state index < -0.39 is 11.2 Å². The van der Waals surface area contributed by atoms with Crippen LogP contribution < -0.4 is 5.26 Å². The lowest BCUT2D eigenvalue weighted by molar-refractivity contribution is -1.05. The van der Waals surface area contributed by atoms with Gasteiger partial charge in [0.2, 0.25) is 0 Å². The lowest BCUT2D eigenvalue weighted by atomic mass is 10.1. The molecule has 0 aromatic carbocycles. The van der Waals surface area contributed by atoms with E-state index >= 15 is 0 Å². The summed E-state index contributed by atoms with van der Waals surface area (Å²) >= 11 is 0. The van der Waals surface area contributed by atoms with Gasteiger partial charge in [0.1, 0.15) is 12.0 Å². The van der Waals surface area contributed by atoms with Crippen LogP contribution in [0.5, 0.6) is 0 Å². The number of carbonyl (C=O) groups excluding carboxylic acids is 2. The summed E-state index contributed by atoms with van der Waals surface area (Å²) in [6, 6.07) is 0. The maximum absolute atomic E-state index is 11.5. The van der Waals surface area contributed by atoms with Crippen LogP contribution in [0.15, 0.2) is 0 Å². The van der Waals surface area contributed by atoms with E-state index in [1.54, 1.807) is 0 Å². The molecule has 0 aliphatic heterocycles. The zero-order valence-electron chi connectivity index (χ0n) is 15.0. The van der Waals surface area contributed by atoms with Crippen molar-refractivity contribution in [1.29, 1.82) is 0 Å². The summed E-state index contributed by atoms with van der Waals surface area (Å²) in [6.45, 7) is 11.2. The summed E-state index contributed by atoms with van der Waals surface area (Å²) in [5.41, 5.74) is -0.818. The van der Waals surface area contributed by atoms with Gasteiger partial charge in [-0.3, -0.25) is 9.37 Å². The molecule has 22 heavy (non-hydrogen) atoms. The first-order chi connectivity index (χ1) is 10.0. The standard InChI is InChI=1S/C17H32O5/c1-16(2,3)20-14(18)12-10-8-7-9-11-13-15(22-19)21-17(4,5)6/h7-13H2,1-6H3. The zero-order chi connectivity index (χ0) is 17.2. The Morgan fingerprint density at radius 2 is 1.27 bits per heavy atom. The zero-order valence-corrected chi connectivity index (χ0v) is 15.0. The predicted octanol–water partition coefficient (Wildman–Crippen LogP) is 3.21. The van der Waals surface area contributed by atoms with Gasteiger partial charge in [0.05, 0.1) is 0 Å². The minimum Gasteiger partial charge on any atom is -0.588 e. The normalized spacial score (nSPS) is 13.1. The van der Waals surface area contributed by atoms with E-state index in [-0.39, 0.29) is 11.9 Å². The quantitative estimate of drug-likeness (QED) is 0.227. The van der Waals surface area contributed by atoms with Gasteiger partial charge >= 0.3 is 11.9 Å². The van der Waals surface area contributed by atoms with Gasteiger partial charge in [0.25, 0.3) is 0 Å². The Balaban J connectivity index is 3.64. The molecule has 0 spiro atoms. The number of rotatable bonds is 8. The molecule has 130 valence electrons. The van der Waals surface area contributed by atoms with E-state index in [1.165, 1.54) is 0 Å². The summed E-state index contributed by atoms with van der Waals surface area (Å²) in [5, 5.41) is 10.5. The van der Waals surface area contributed by atoms with Crippen molar-refractivity contribution in [3.63, 3.8) is 0 Å². The van der Waals surface area contributed by atoms with Gasteiger partial charge in [-0.2, -0.15) is 0 Å². The molecule has 0 atom stereocenters. The Bertz CT molecular complexity index is 347. The molecule has 5 nitrogen and oxygen atoms in total. The van der Waals surface area contributed by atoms with E-state index in [4.69, 9.17) is 9.47 Å². The molecule has 0 saturated heterocycles. The SMILES string of the molecule is CC(C)(C)OC(=O)CCCCCCCC(OC(C)(C)C)=[O+][O-]. The monoisotopic (exact) mass is 316 g/mol. The van der Waals surface area contributed by atoms with Crippen LogP contribution in [0.4, 0.5) is 0 Å². The van der Waals surface area contributed by atoms with Crippen LogP contribution in [0.3, 0.4) is 0 Å². The smallest absolute Gasteiger partial charge is 0.497 e. The largest absolute Gasteiger partial charge is 0.588 e. The Labute approximate surface area is 134 Å². The highest BCUT2D eigenvalue weighted by atomic mass is 17.1. The molecule has 0 saturated carbocycles. The van der Waals surface area contributed by atoms with Crippen LogP contribution in [0.2, 0.25) is 0 Å². The number of hydrogen-bond acceptors (Lipinski definition) is 4. The molecule has 0 aromatic heterocycles. The molecule has 0 rings (SSSR count). The van der Waals surface area contributed by atoms with E-state index in [0.29, 0.717) is 12.8 Å². The minimum atomic E-state index is -0.410. The Hall–Kier alpha value is -1.26. The Morgan fingerprint density at radius 1 is 0.818 bits per heavy atom. The van der Waals surface area contributed by atoms with Gasteiger partial charge in [0, 0.05) is 27.2 Å². The predicted molar refractivity (Wildman–Crippen MR) is 84.0 cm³/mol. The second-order valence-electron chi connectivity index (χ2n) is 7.52. The van der Waals surface area contributed by atoms with Crippen molar-refractivity contribution < 1.29 is 24.1 Å². The Kier molecular flexibility index (Phi) is 9.14. The number of carbonyl (C=O) groups is 1. The first-order valence-electron chi connectivity index (χ1n) is 8.10. The van der Waals surface area contributed by atoms with Crippen LogP contribution in [-0.4, -0.2) is 23.1 Å². The fourth-order valence-corrected chi connectivity index (χ4v) is 1.91. The summed E-state index contributed by atoms with van der Waals surface area (Å²) in [7, 11) is 0. The highest BCUT2D eigenvalue weighted by molar-refractivity contribution is 5.70. The van der Waals surface area contributed by atoms with Crippen LogP contribution in [-0.2, 0) is 18.8 Å². The summed E-state index contributed by atoms with van der Waals surface area (Å²) in [6.07, 6.45) is 5.65.